The third-order valence-corrected chi connectivity index (χ3v) is 4.57. The minimum absolute atomic E-state index is 0.487. The van der Waals surface area contributed by atoms with Crippen molar-refractivity contribution < 1.29 is 0 Å². The molecule has 1 N–H and O–H groups in total. The second kappa shape index (κ2) is 4.93. The lowest BCUT2D eigenvalue weighted by Gasteiger charge is -2.17. The summed E-state index contributed by atoms with van der Waals surface area (Å²) in [4.78, 5) is 4.28. The fraction of sp³-hybridized carbons (Fsp3) is 0.500. The van der Waals surface area contributed by atoms with Crippen LogP contribution in [-0.2, 0) is 0 Å². The summed E-state index contributed by atoms with van der Waals surface area (Å²) in [6.07, 6.45) is 1.76. The number of nitrogens with zero attached hydrogens (tertiary/aromatic N) is 1. The summed E-state index contributed by atoms with van der Waals surface area (Å²) in [5.41, 5.74) is 0. The number of anilines is 1. The van der Waals surface area contributed by atoms with Crippen LogP contribution in [0.1, 0.15) is 6.92 Å². The van der Waals surface area contributed by atoms with Gasteiger partial charge < -0.3 is 5.32 Å². The van der Waals surface area contributed by atoms with Crippen LogP contribution >= 0.6 is 39.3 Å². The minimum Gasteiger partial charge on any atom is -0.365 e. The fourth-order valence-corrected chi connectivity index (χ4v) is 3.63. The Labute approximate surface area is 107 Å². The molecule has 0 aliphatic carbocycles. The van der Waals surface area contributed by atoms with Crippen LogP contribution in [0.2, 0.25) is 5.02 Å². The lowest BCUT2D eigenvalue weighted by atomic mass is 10.1. The van der Waals surface area contributed by atoms with E-state index in [-0.39, 0.29) is 0 Å². The Morgan fingerprint density at radius 2 is 2.40 bits per heavy atom. The molecular weight excluding hydrogens is 296 g/mol. The van der Waals surface area contributed by atoms with Crippen LogP contribution in [0.3, 0.4) is 0 Å². The van der Waals surface area contributed by atoms with Crippen LogP contribution < -0.4 is 5.32 Å². The average Bonchev–Trinajstić information content (AvgIpc) is 2.57. The molecule has 1 saturated heterocycles. The summed E-state index contributed by atoms with van der Waals surface area (Å²) in [6, 6.07) is 2.35. The van der Waals surface area contributed by atoms with Gasteiger partial charge in [0.1, 0.15) is 5.82 Å². The van der Waals surface area contributed by atoms with Gasteiger partial charge in [-0.3, -0.25) is 0 Å². The molecule has 1 aromatic rings. The zero-order valence-electron chi connectivity index (χ0n) is 8.34. The molecule has 1 aromatic heterocycles. The van der Waals surface area contributed by atoms with Gasteiger partial charge in [-0.05, 0) is 33.7 Å². The van der Waals surface area contributed by atoms with Crippen LogP contribution in [0.5, 0.6) is 0 Å². The van der Waals surface area contributed by atoms with E-state index in [2.05, 4.69) is 33.2 Å². The van der Waals surface area contributed by atoms with Gasteiger partial charge in [0, 0.05) is 22.5 Å². The summed E-state index contributed by atoms with van der Waals surface area (Å²) in [6.45, 7) is 2.25. The smallest absolute Gasteiger partial charge is 0.145 e. The van der Waals surface area contributed by atoms with E-state index in [4.69, 9.17) is 11.6 Å². The van der Waals surface area contributed by atoms with E-state index in [1.54, 1.807) is 6.20 Å². The van der Waals surface area contributed by atoms with Crippen molar-refractivity contribution in [3.8, 4) is 0 Å². The monoisotopic (exact) mass is 306 g/mol. The van der Waals surface area contributed by atoms with E-state index in [1.165, 1.54) is 5.75 Å². The van der Waals surface area contributed by atoms with Gasteiger partial charge in [-0.15, -0.1) is 0 Å². The quantitative estimate of drug-likeness (QED) is 0.902. The first-order valence-electron chi connectivity index (χ1n) is 4.82. The van der Waals surface area contributed by atoms with Crippen molar-refractivity contribution in [1.82, 2.24) is 4.98 Å². The highest BCUT2D eigenvalue weighted by atomic mass is 79.9. The number of pyridine rings is 1. The van der Waals surface area contributed by atoms with E-state index in [0.717, 1.165) is 16.0 Å². The van der Waals surface area contributed by atoms with Gasteiger partial charge >= 0.3 is 0 Å². The fourth-order valence-electron chi connectivity index (χ4n) is 1.54. The Morgan fingerprint density at radius 3 is 3.00 bits per heavy atom. The molecule has 82 valence electrons. The average molecular weight is 308 g/mol. The molecule has 2 atom stereocenters. The minimum atomic E-state index is 0.487. The van der Waals surface area contributed by atoms with Crippen LogP contribution in [0, 0.1) is 5.92 Å². The van der Waals surface area contributed by atoms with E-state index in [1.807, 2.05) is 17.8 Å². The first-order valence-corrected chi connectivity index (χ1v) is 7.14. The van der Waals surface area contributed by atoms with Gasteiger partial charge in [0.05, 0.1) is 5.02 Å². The van der Waals surface area contributed by atoms with Crippen molar-refractivity contribution in [2.75, 3.05) is 16.8 Å². The maximum absolute atomic E-state index is 6.09. The maximum Gasteiger partial charge on any atom is 0.145 e. The zero-order valence-corrected chi connectivity index (χ0v) is 11.5. The standard InChI is InChI=1S/C10H12BrClN2S/c1-6-4-15-5-9(6)14-10-8(12)2-7(11)3-13-10/h2-3,6,9H,4-5H2,1H3,(H,13,14). The molecule has 1 aliphatic rings. The molecule has 15 heavy (non-hydrogen) atoms. The first kappa shape index (κ1) is 11.6. The molecule has 1 fully saturated rings. The van der Waals surface area contributed by atoms with Crippen molar-refractivity contribution >= 4 is 45.1 Å². The lowest BCUT2D eigenvalue weighted by molar-refractivity contribution is 0.597. The van der Waals surface area contributed by atoms with Gasteiger partial charge in [0.15, 0.2) is 0 Å². The number of thioether (sulfide) groups is 1. The summed E-state index contributed by atoms with van der Waals surface area (Å²) >= 11 is 11.4. The predicted molar refractivity (Wildman–Crippen MR) is 70.8 cm³/mol. The molecule has 0 bridgehead atoms. The molecule has 0 amide bonds. The van der Waals surface area contributed by atoms with Crippen molar-refractivity contribution in [2.45, 2.75) is 13.0 Å². The topological polar surface area (TPSA) is 24.9 Å². The predicted octanol–water partition coefficient (Wildman–Crippen LogP) is 3.66. The Balaban J connectivity index is 2.10. The molecule has 2 rings (SSSR count). The maximum atomic E-state index is 6.09. The Morgan fingerprint density at radius 1 is 1.60 bits per heavy atom. The van der Waals surface area contributed by atoms with Crippen molar-refractivity contribution in [3.05, 3.63) is 21.8 Å². The largest absolute Gasteiger partial charge is 0.365 e. The Kier molecular flexibility index (Phi) is 3.80. The first-order chi connectivity index (χ1) is 7.16. The lowest BCUT2D eigenvalue weighted by Crippen LogP contribution is -2.26. The third-order valence-electron chi connectivity index (χ3n) is 2.49. The van der Waals surface area contributed by atoms with Gasteiger partial charge in [-0.25, -0.2) is 4.98 Å². The van der Waals surface area contributed by atoms with Crippen molar-refractivity contribution in [2.24, 2.45) is 5.92 Å². The Bertz CT molecular complexity index is 361. The highest BCUT2D eigenvalue weighted by molar-refractivity contribution is 9.10. The Hall–Kier alpha value is 0.0700. The SMILES string of the molecule is CC1CSCC1Nc1ncc(Br)cc1Cl. The molecular formula is C10H12BrClN2S. The molecule has 0 saturated carbocycles. The van der Waals surface area contributed by atoms with Gasteiger partial charge in [0.2, 0.25) is 0 Å². The highest BCUT2D eigenvalue weighted by Gasteiger charge is 2.24. The molecule has 5 heteroatoms. The van der Waals surface area contributed by atoms with Gasteiger partial charge in [-0.2, -0.15) is 11.8 Å². The highest BCUT2D eigenvalue weighted by Crippen LogP contribution is 2.29. The summed E-state index contributed by atoms with van der Waals surface area (Å²) < 4.78 is 0.909. The second-order valence-corrected chi connectivity index (χ2v) is 6.15. The molecule has 2 unspecified atom stereocenters. The van der Waals surface area contributed by atoms with E-state index in [0.29, 0.717) is 17.0 Å². The molecule has 0 radical (unpaired) electrons. The molecule has 0 aromatic carbocycles. The molecule has 2 nitrogen and oxygen atoms in total. The molecule has 1 aliphatic heterocycles. The molecule has 2 heterocycles. The second-order valence-electron chi connectivity index (χ2n) is 3.75. The van der Waals surface area contributed by atoms with E-state index in [9.17, 15) is 0 Å². The van der Waals surface area contributed by atoms with E-state index < -0.39 is 0 Å². The van der Waals surface area contributed by atoms with Crippen LogP contribution in [0.25, 0.3) is 0 Å². The molecule has 0 spiro atoms. The number of halogens is 2. The van der Waals surface area contributed by atoms with Crippen molar-refractivity contribution in [3.63, 3.8) is 0 Å². The summed E-state index contributed by atoms with van der Waals surface area (Å²) in [7, 11) is 0. The van der Waals surface area contributed by atoms with Gasteiger partial charge in [-0.1, -0.05) is 18.5 Å². The third kappa shape index (κ3) is 2.80. The number of nitrogens with one attached hydrogen (secondary N) is 1. The van der Waals surface area contributed by atoms with E-state index >= 15 is 0 Å². The number of rotatable bonds is 2. The summed E-state index contributed by atoms with van der Waals surface area (Å²) in [5, 5.41) is 4.08. The number of aromatic nitrogens is 1. The van der Waals surface area contributed by atoms with Crippen LogP contribution in [0.15, 0.2) is 16.7 Å². The zero-order chi connectivity index (χ0) is 10.8. The number of hydrogen-bond acceptors (Lipinski definition) is 3. The van der Waals surface area contributed by atoms with Gasteiger partial charge in [0.25, 0.3) is 0 Å². The van der Waals surface area contributed by atoms with Crippen molar-refractivity contribution in [1.29, 1.82) is 0 Å². The normalized spacial score (nSPS) is 25.5. The number of hydrogen-bond donors (Lipinski definition) is 1. The van der Waals surface area contributed by atoms with Crippen LogP contribution in [0.4, 0.5) is 5.82 Å². The summed E-state index contributed by atoms with van der Waals surface area (Å²) in [5.74, 6) is 3.82. The van der Waals surface area contributed by atoms with Crippen LogP contribution in [-0.4, -0.2) is 22.5 Å².